The second-order valence-electron chi connectivity index (χ2n) is 8.78. The predicted octanol–water partition coefficient (Wildman–Crippen LogP) is 3.04. The van der Waals surface area contributed by atoms with E-state index in [1.165, 1.54) is 0 Å². The van der Waals surface area contributed by atoms with Gasteiger partial charge in [0, 0.05) is 11.3 Å². The summed E-state index contributed by atoms with van der Waals surface area (Å²) in [5, 5.41) is -0.420. The van der Waals surface area contributed by atoms with Crippen LogP contribution in [0.5, 0.6) is 5.75 Å². The molecule has 0 aliphatic carbocycles. The summed E-state index contributed by atoms with van der Waals surface area (Å²) in [6.45, 7) is 11.3. The zero-order valence-electron chi connectivity index (χ0n) is 17.0. The Hall–Kier alpha value is -1.18. The van der Waals surface area contributed by atoms with Crippen molar-refractivity contribution in [3.05, 3.63) is 17.7 Å². The third-order valence-electron chi connectivity index (χ3n) is 4.94. The average molecular weight is 460 g/mol. The fraction of sp³-hybridized carbons (Fsp3) is 0.625. The van der Waals surface area contributed by atoms with Crippen molar-refractivity contribution in [1.82, 2.24) is 0 Å². The van der Waals surface area contributed by atoms with Crippen LogP contribution in [0.15, 0.2) is 6.07 Å². The van der Waals surface area contributed by atoms with Crippen LogP contribution in [0.3, 0.4) is 0 Å². The Morgan fingerprint density at radius 2 is 1.48 bits per heavy atom. The molecule has 0 bridgehead atoms. The van der Waals surface area contributed by atoms with Gasteiger partial charge in [-0.15, -0.1) is 0 Å². The predicted molar refractivity (Wildman–Crippen MR) is 101 cm³/mol. The van der Waals surface area contributed by atoms with Gasteiger partial charge in [-0.05, 0) is 27.7 Å². The summed E-state index contributed by atoms with van der Waals surface area (Å²) in [5.74, 6) is -3.61. The van der Waals surface area contributed by atoms with Crippen molar-refractivity contribution in [1.29, 1.82) is 0 Å². The number of halogens is 5. The van der Waals surface area contributed by atoms with Crippen molar-refractivity contribution in [2.24, 2.45) is 0 Å². The zero-order valence-corrected chi connectivity index (χ0v) is 18.8. The van der Waals surface area contributed by atoms with Gasteiger partial charge in [-0.3, -0.25) is 0 Å². The highest BCUT2D eigenvalue weighted by Crippen LogP contribution is 2.37. The second kappa shape index (κ2) is 6.92. The topological polar surface area (TPSA) is 61.8 Å². The van der Waals surface area contributed by atoms with E-state index in [2.05, 4.69) is 4.18 Å². The minimum Gasteiger partial charge on any atom is -0.399 e. The minimum atomic E-state index is -6.11. The number of rotatable bonds is 4. The van der Waals surface area contributed by atoms with Gasteiger partial charge in [0.2, 0.25) is 0 Å². The molecule has 1 fully saturated rings. The molecule has 164 valence electrons. The molecule has 1 heterocycles. The highest BCUT2D eigenvalue weighted by molar-refractivity contribution is 7.88. The van der Waals surface area contributed by atoms with Crippen molar-refractivity contribution in [3.8, 4) is 5.75 Å². The summed E-state index contributed by atoms with van der Waals surface area (Å²) < 4.78 is 107. The molecule has 0 atom stereocenters. The molecular weight excluding hydrogens is 438 g/mol. The SMILES string of the molecule is CC1(C)OB(c2c(F)cc(OS(=O)(=O)C(F)(F)F)c([Si](C)(C)C)c2F)OC1(C)C. The lowest BCUT2D eigenvalue weighted by molar-refractivity contribution is -0.0499. The first-order valence-corrected chi connectivity index (χ1v) is 13.5. The fourth-order valence-electron chi connectivity index (χ4n) is 2.72. The molecule has 29 heavy (non-hydrogen) atoms. The van der Waals surface area contributed by atoms with Crippen LogP contribution in [-0.4, -0.2) is 40.3 Å². The molecule has 0 amide bonds. The highest BCUT2D eigenvalue weighted by atomic mass is 32.2. The van der Waals surface area contributed by atoms with Crippen molar-refractivity contribution >= 4 is 36.0 Å². The van der Waals surface area contributed by atoms with Crippen molar-refractivity contribution < 1.29 is 43.9 Å². The molecule has 13 heteroatoms. The lowest BCUT2D eigenvalue weighted by Gasteiger charge is -2.32. The van der Waals surface area contributed by atoms with Crippen molar-refractivity contribution in [2.45, 2.75) is 64.0 Å². The van der Waals surface area contributed by atoms with Crippen molar-refractivity contribution in [3.63, 3.8) is 0 Å². The smallest absolute Gasteiger partial charge is 0.399 e. The minimum absolute atomic E-state index is 0.420. The van der Waals surface area contributed by atoms with Crippen LogP contribution < -0.4 is 14.8 Å². The molecule has 5 nitrogen and oxygen atoms in total. The summed E-state index contributed by atoms with van der Waals surface area (Å²) in [7, 11) is -10.4. The molecule has 1 aromatic rings. The van der Waals surface area contributed by atoms with Gasteiger partial charge < -0.3 is 13.5 Å². The van der Waals surface area contributed by atoms with E-state index < -0.39 is 70.1 Å². The Balaban J connectivity index is 2.68. The molecule has 1 aliphatic rings. The zero-order chi connectivity index (χ0) is 22.8. The molecular formula is C16H22BF5O5SSi. The first-order chi connectivity index (χ1) is 12.7. The number of hydrogen-bond acceptors (Lipinski definition) is 5. The number of alkyl halides is 3. The van der Waals surface area contributed by atoms with Gasteiger partial charge in [0.1, 0.15) is 17.4 Å². The van der Waals surface area contributed by atoms with E-state index >= 15 is 4.39 Å². The molecule has 0 N–H and O–H groups in total. The van der Waals surface area contributed by atoms with Gasteiger partial charge in [0.15, 0.2) is 0 Å². The Morgan fingerprint density at radius 1 is 1.03 bits per heavy atom. The highest BCUT2D eigenvalue weighted by Gasteiger charge is 2.54. The molecule has 1 saturated heterocycles. The summed E-state index contributed by atoms with van der Waals surface area (Å²) >= 11 is 0. The van der Waals surface area contributed by atoms with Crippen LogP contribution in [-0.2, 0) is 19.4 Å². The van der Waals surface area contributed by atoms with E-state index in [1.807, 2.05) is 0 Å². The Kier molecular flexibility index (Phi) is 5.75. The lowest BCUT2D eigenvalue weighted by Crippen LogP contribution is -2.49. The van der Waals surface area contributed by atoms with E-state index in [9.17, 15) is 26.0 Å². The molecule has 0 aromatic heterocycles. The monoisotopic (exact) mass is 460 g/mol. The van der Waals surface area contributed by atoms with Crippen LogP contribution in [0.25, 0.3) is 0 Å². The average Bonchev–Trinajstić information content (AvgIpc) is 2.62. The normalized spacial score (nSPS) is 19.5. The first-order valence-electron chi connectivity index (χ1n) is 8.60. The van der Waals surface area contributed by atoms with Gasteiger partial charge in [0.05, 0.1) is 24.7 Å². The van der Waals surface area contributed by atoms with Gasteiger partial charge in [0.25, 0.3) is 0 Å². The van der Waals surface area contributed by atoms with Gasteiger partial charge in [-0.25, -0.2) is 8.78 Å². The Labute approximate surface area is 167 Å². The molecule has 0 saturated carbocycles. The van der Waals surface area contributed by atoms with Gasteiger partial charge >= 0.3 is 22.7 Å². The third-order valence-corrected chi connectivity index (χ3v) is 7.87. The largest absolute Gasteiger partial charge is 0.534 e. The van der Waals surface area contributed by atoms with Crippen molar-refractivity contribution in [2.75, 3.05) is 0 Å². The first kappa shape index (κ1) is 24.1. The van der Waals surface area contributed by atoms with Crippen LogP contribution in [0.4, 0.5) is 22.0 Å². The standard InChI is InChI=1S/C16H22BF5O5SSi/c1-14(2)15(3,4)27-17(26-14)11-9(18)8-10(13(12(11)19)29(5,6)7)25-28(23,24)16(20,21)22/h8H,1-7H3. The summed E-state index contributed by atoms with van der Waals surface area (Å²) in [6.07, 6.45) is 0. The molecule has 2 rings (SSSR count). The second-order valence-corrected chi connectivity index (χ2v) is 15.3. The fourth-order valence-corrected chi connectivity index (χ4v) is 4.91. The molecule has 0 spiro atoms. The van der Waals surface area contributed by atoms with E-state index in [0.717, 1.165) is 0 Å². The molecule has 0 radical (unpaired) electrons. The van der Waals surface area contributed by atoms with E-state index in [1.54, 1.807) is 47.3 Å². The summed E-state index contributed by atoms with van der Waals surface area (Å²) in [4.78, 5) is 0. The van der Waals surface area contributed by atoms with Gasteiger partial charge in [-0.2, -0.15) is 21.6 Å². The number of benzene rings is 1. The molecule has 1 aromatic carbocycles. The maximum absolute atomic E-state index is 15.4. The summed E-state index contributed by atoms with van der Waals surface area (Å²) in [5.41, 5.74) is -8.24. The van der Waals surface area contributed by atoms with E-state index in [-0.39, 0.29) is 0 Å². The quantitative estimate of drug-likeness (QED) is 0.299. The van der Waals surface area contributed by atoms with E-state index in [4.69, 9.17) is 9.31 Å². The van der Waals surface area contributed by atoms with Crippen LogP contribution >= 0.6 is 0 Å². The van der Waals surface area contributed by atoms with Crippen LogP contribution in [0.2, 0.25) is 19.6 Å². The molecule has 1 aliphatic heterocycles. The van der Waals surface area contributed by atoms with Gasteiger partial charge in [-0.1, -0.05) is 19.6 Å². The number of hydrogen-bond donors (Lipinski definition) is 0. The van der Waals surface area contributed by atoms with Crippen LogP contribution in [0.1, 0.15) is 27.7 Å². The van der Waals surface area contributed by atoms with Crippen LogP contribution in [0, 0.1) is 11.6 Å². The lowest BCUT2D eigenvalue weighted by atomic mass is 9.78. The Morgan fingerprint density at radius 3 is 1.86 bits per heavy atom. The summed E-state index contributed by atoms with van der Waals surface area (Å²) in [6, 6.07) is 0.431. The Bertz CT molecular complexity index is 909. The van der Waals surface area contributed by atoms with E-state index in [0.29, 0.717) is 6.07 Å². The molecule has 0 unspecified atom stereocenters. The maximum atomic E-state index is 15.4. The maximum Gasteiger partial charge on any atom is 0.534 e. The third kappa shape index (κ3) is 4.32.